The van der Waals surface area contributed by atoms with E-state index < -0.39 is 0 Å². The van der Waals surface area contributed by atoms with Crippen LogP contribution in [0.2, 0.25) is 0 Å². The highest BCUT2D eigenvalue weighted by molar-refractivity contribution is 14.1. The lowest BCUT2D eigenvalue weighted by Crippen LogP contribution is -1.91. The quantitative estimate of drug-likeness (QED) is 0.379. The summed E-state index contributed by atoms with van der Waals surface area (Å²) >= 11 is 5.83. The Hall–Kier alpha value is -1.27. The number of para-hydroxylation sites is 2. The molecular formula is C16H14BrIN2. The molecule has 3 aromatic carbocycles. The van der Waals surface area contributed by atoms with E-state index in [0.29, 0.717) is 11.4 Å². The predicted octanol–water partition coefficient (Wildman–Crippen LogP) is 5.06. The Morgan fingerprint density at radius 1 is 0.800 bits per heavy atom. The Bertz CT molecular complexity index is 707. The van der Waals surface area contributed by atoms with Crippen LogP contribution in [0.1, 0.15) is 0 Å². The van der Waals surface area contributed by atoms with Gasteiger partial charge in [-0.15, -0.1) is 0 Å². The smallest absolute Gasteiger partial charge is 0.0547 e. The second-order valence-electron chi connectivity index (χ2n) is 4.24. The van der Waals surface area contributed by atoms with Crippen LogP contribution in [0.25, 0.3) is 10.8 Å². The van der Waals surface area contributed by atoms with Gasteiger partial charge in [-0.2, -0.15) is 0 Å². The first-order valence-corrected chi connectivity index (χ1v) is 7.89. The number of anilines is 2. The minimum absolute atomic E-state index is 0.646. The molecule has 0 saturated carbocycles. The number of nitrogen functional groups attached to an aromatic ring is 2. The van der Waals surface area contributed by atoms with Crippen LogP contribution in [-0.4, -0.2) is 0 Å². The van der Waals surface area contributed by atoms with E-state index in [-0.39, 0.29) is 0 Å². The minimum atomic E-state index is 0.646. The standard InChI is InChI=1S/C10H6BrI.C6H8N2/c11-8-5-7-3-1-2-4-9(7)10(12)6-8;7-5-3-1-2-4-6(5)8/h1-6H;1-4H,7-8H2. The fourth-order valence-electron chi connectivity index (χ4n) is 1.74. The first kappa shape index (κ1) is 15.1. The fraction of sp³-hybridized carbons (Fsp3) is 0. The summed E-state index contributed by atoms with van der Waals surface area (Å²) in [5, 5.41) is 2.61. The maximum atomic E-state index is 5.39. The topological polar surface area (TPSA) is 52.0 Å². The molecule has 0 atom stereocenters. The number of rotatable bonds is 0. The Kier molecular flexibility index (Phi) is 5.25. The third kappa shape index (κ3) is 3.86. The van der Waals surface area contributed by atoms with Crippen molar-refractivity contribution >= 4 is 60.7 Å². The van der Waals surface area contributed by atoms with Crippen molar-refractivity contribution in [3.8, 4) is 0 Å². The minimum Gasteiger partial charge on any atom is -0.397 e. The van der Waals surface area contributed by atoms with Crippen molar-refractivity contribution in [3.63, 3.8) is 0 Å². The molecule has 4 heteroatoms. The van der Waals surface area contributed by atoms with E-state index in [2.05, 4.69) is 74.9 Å². The summed E-state index contributed by atoms with van der Waals surface area (Å²) in [5.41, 5.74) is 12.1. The molecule has 0 aliphatic heterocycles. The van der Waals surface area contributed by atoms with Crippen LogP contribution in [0.3, 0.4) is 0 Å². The molecule has 0 aromatic heterocycles. The Labute approximate surface area is 140 Å². The molecule has 0 saturated heterocycles. The highest BCUT2D eigenvalue weighted by Gasteiger charge is 1.98. The first-order valence-electron chi connectivity index (χ1n) is 6.01. The zero-order chi connectivity index (χ0) is 14.5. The predicted molar refractivity (Wildman–Crippen MR) is 99.6 cm³/mol. The second-order valence-corrected chi connectivity index (χ2v) is 6.32. The molecule has 0 aliphatic rings. The molecule has 0 aliphatic carbocycles. The number of hydrogen-bond acceptors (Lipinski definition) is 2. The number of halogens is 2. The van der Waals surface area contributed by atoms with Crippen molar-refractivity contribution in [2.24, 2.45) is 0 Å². The lowest BCUT2D eigenvalue weighted by molar-refractivity contribution is 1.66. The van der Waals surface area contributed by atoms with Gasteiger partial charge in [-0.05, 0) is 57.6 Å². The van der Waals surface area contributed by atoms with Crippen molar-refractivity contribution in [2.45, 2.75) is 0 Å². The summed E-state index contributed by atoms with van der Waals surface area (Å²) in [5.74, 6) is 0. The van der Waals surface area contributed by atoms with Crippen molar-refractivity contribution < 1.29 is 0 Å². The van der Waals surface area contributed by atoms with Gasteiger partial charge in [-0.3, -0.25) is 0 Å². The van der Waals surface area contributed by atoms with Crippen LogP contribution in [0.15, 0.2) is 65.1 Å². The molecule has 0 fully saturated rings. The molecule has 2 nitrogen and oxygen atoms in total. The Morgan fingerprint density at radius 2 is 1.35 bits per heavy atom. The van der Waals surface area contributed by atoms with Gasteiger partial charge in [0.25, 0.3) is 0 Å². The van der Waals surface area contributed by atoms with Crippen molar-refractivity contribution in [1.82, 2.24) is 0 Å². The van der Waals surface area contributed by atoms with Gasteiger partial charge in [0, 0.05) is 8.04 Å². The summed E-state index contributed by atoms with van der Waals surface area (Å²) in [6.07, 6.45) is 0. The summed E-state index contributed by atoms with van der Waals surface area (Å²) in [6.45, 7) is 0. The molecule has 0 bridgehead atoms. The fourth-order valence-corrected chi connectivity index (χ4v) is 3.47. The lowest BCUT2D eigenvalue weighted by Gasteiger charge is -2.00. The van der Waals surface area contributed by atoms with Gasteiger partial charge in [0.1, 0.15) is 0 Å². The van der Waals surface area contributed by atoms with Crippen LogP contribution in [0.5, 0.6) is 0 Å². The summed E-state index contributed by atoms with van der Waals surface area (Å²) in [7, 11) is 0. The number of hydrogen-bond donors (Lipinski definition) is 2. The molecule has 0 spiro atoms. The molecule has 3 rings (SSSR count). The van der Waals surface area contributed by atoms with Gasteiger partial charge >= 0.3 is 0 Å². The van der Waals surface area contributed by atoms with Gasteiger partial charge in [0.05, 0.1) is 11.4 Å². The lowest BCUT2D eigenvalue weighted by atomic mass is 10.1. The summed E-state index contributed by atoms with van der Waals surface area (Å²) < 4.78 is 2.43. The maximum Gasteiger partial charge on any atom is 0.0547 e. The van der Waals surface area contributed by atoms with Crippen LogP contribution in [0, 0.1) is 3.57 Å². The molecule has 102 valence electrons. The van der Waals surface area contributed by atoms with Gasteiger partial charge in [0.15, 0.2) is 0 Å². The first-order chi connectivity index (χ1) is 9.58. The SMILES string of the molecule is Brc1cc(I)c2ccccc2c1.Nc1ccccc1N. The van der Waals surface area contributed by atoms with E-state index in [4.69, 9.17) is 11.5 Å². The largest absolute Gasteiger partial charge is 0.397 e. The maximum absolute atomic E-state index is 5.39. The van der Waals surface area contributed by atoms with Crippen LogP contribution < -0.4 is 11.5 Å². The van der Waals surface area contributed by atoms with E-state index in [1.165, 1.54) is 14.3 Å². The highest BCUT2D eigenvalue weighted by Crippen LogP contribution is 2.25. The molecule has 0 unspecified atom stereocenters. The molecule has 4 N–H and O–H groups in total. The normalized spacial score (nSPS) is 9.90. The van der Waals surface area contributed by atoms with Crippen LogP contribution >= 0.6 is 38.5 Å². The molecule has 0 radical (unpaired) electrons. The van der Waals surface area contributed by atoms with E-state index >= 15 is 0 Å². The van der Waals surface area contributed by atoms with E-state index in [9.17, 15) is 0 Å². The zero-order valence-corrected chi connectivity index (χ0v) is 14.4. The average Bonchev–Trinajstić information content (AvgIpc) is 2.43. The number of benzene rings is 3. The van der Waals surface area contributed by atoms with Crippen molar-refractivity contribution in [1.29, 1.82) is 0 Å². The second kappa shape index (κ2) is 6.95. The Balaban J connectivity index is 0.000000160. The third-order valence-corrected chi connectivity index (χ3v) is 4.12. The number of nitrogens with two attached hydrogens (primary N) is 2. The molecule has 3 aromatic rings. The van der Waals surface area contributed by atoms with E-state index in [1.54, 1.807) is 12.1 Å². The van der Waals surface area contributed by atoms with Crippen molar-refractivity contribution in [3.05, 3.63) is 68.7 Å². The van der Waals surface area contributed by atoms with Gasteiger partial charge in [-0.25, -0.2) is 0 Å². The molecule has 0 heterocycles. The molecule has 20 heavy (non-hydrogen) atoms. The Morgan fingerprint density at radius 3 is 1.95 bits per heavy atom. The molecular weight excluding hydrogens is 427 g/mol. The van der Waals surface area contributed by atoms with Gasteiger partial charge < -0.3 is 11.5 Å². The van der Waals surface area contributed by atoms with Crippen LogP contribution in [0.4, 0.5) is 11.4 Å². The summed E-state index contributed by atoms with van der Waals surface area (Å²) in [4.78, 5) is 0. The third-order valence-electron chi connectivity index (χ3n) is 2.77. The van der Waals surface area contributed by atoms with Crippen molar-refractivity contribution in [2.75, 3.05) is 11.5 Å². The van der Waals surface area contributed by atoms with E-state index in [1.807, 2.05) is 12.1 Å². The summed E-state index contributed by atoms with van der Waals surface area (Å²) in [6, 6.07) is 19.9. The van der Waals surface area contributed by atoms with E-state index in [0.717, 1.165) is 4.47 Å². The zero-order valence-electron chi connectivity index (χ0n) is 10.7. The number of fused-ring (bicyclic) bond motifs is 1. The average molecular weight is 441 g/mol. The highest BCUT2D eigenvalue weighted by atomic mass is 127. The monoisotopic (exact) mass is 440 g/mol. The molecule has 0 amide bonds. The van der Waals surface area contributed by atoms with Crippen LogP contribution in [-0.2, 0) is 0 Å². The van der Waals surface area contributed by atoms with Gasteiger partial charge in [0.2, 0.25) is 0 Å². The van der Waals surface area contributed by atoms with Gasteiger partial charge in [-0.1, -0.05) is 52.3 Å².